The summed E-state index contributed by atoms with van der Waals surface area (Å²) in [6.07, 6.45) is 5.13. The van der Waals surface area contributed by atoms with Crippen LogP contribution < -0.4 is 10.5 Å². The topological polar surface area (TPSA) is 55.5 Å². The Labute approximate surface area is 109 Å². The predicted molar refractivity (Wildman–Crippen MR) is 72.6 cm³/mol. The molecule has 3 nitrogen and oxygen atoms in total. The van der Waals surface area contributed by atoms with E-state index in [0.717, 1.165) is 37.0 Å². The Morgan fingerprint density at radius 1 is 1.22 bits per heavy atom. The van der Waals surface area contributed by atoms with Gasteiger partial charge >= 0.3 is 0 Å². The van der Waals surface area contributed by atoms with E-state index in [-0.39, 0.29) is 6.04 Å². The summed E-state index contributed by atoms with van der Waals surface area (Å²) in [6, 6.07) is 7.84. The molecule has 100 valence electrons. The molecule has 1 atom stereocenters. The third kappa shape index (κ3) is 3.47. The zero-order chi connectivity index (χ0) is 13.0. The molecule has 0 aliphatic heterocycles. The summed E-state index contributed by atoms with van der Waals surface area (Å²) in [6.45, 7) is 2.35. The molecule has 1 aliphatic carbocycles. The average molecular weight is 249 g/mol. The molecule has 1 aromatic rings. The van der Waals surface area contributed by atoms with Gasteiger partial charge in [-0.15, -0.1) is 0 Å². The highest BCUT2D eigenvalue weighted by molar-refractivity contribution is 5.28. The molecule has 0 radical (unpaired) electrons. The van der Waals surface area contributed by atoms with Gasteiger partial charge in [-0.25, -0.2) is 0 Å². The molecule has 1 aliphatic rings. The number of hydrogen-bond donors (Lipinski definition) is 2. The van der Waals surface area contributed by atoms with Crippen LogP contribution in [0, 0.1) is 0 Å². The van der Waals surface area contributed by atoms with Crippen LogP contribution in [0.1, 0.15) is 50.6 Å². The lowest BCUT2D eigenvalue weighted by atomic mass is 9.85. The van der Waals surface area contributed by atoms with E-state index >= 15 is 0 Å². The molecule has 0 saturated heterocycles. The van der Waals surface area contributed by atoms with Gasteiger partial charge in [-0.3, -0.25) is 0 Å². The third-order valence-electron chi connectivity index (χ3n) is 3.70. The van der Waals surface area contributed by atoms with Crippen LogP contribution in [0.2, 0.25) is 0 Å². The molecule has 2 rings (SSSR count). The molecule has 0 spiro atoms. The minimum absolute atomic E-state index is 0.0431. The molecule has 0 bridgehead atoms. The molecule has 1 saturated carbocycles. The quantitative estimate of drug-likeness (QED) is 0.862. The smallest absolute Gasteiger partial charge is 0.119 e. The van der Waals surface area contributed by atoms with Crippen LogP contribution in [-0.2, 0) is 0 Å². The number of nitrogens with two attached hydrogens (primary N) is 1. The standard InChI is InChI=1S/C15H23NO2/c1-12(16)13-5-7-14(8-6-13)18-11-15(17)9-3-2-4-10-15/h5-8,12,17H,2-4,9-11,16H2,1H3. The fourth-order valence-corrected chi connectivity index (χ4v) is 2.44. The Morgan fingerprint density at radius 3 is 2.39 bits per heavy atom. The minimum Gasteiger partial charge on any atom is -0.491 e. The van der Waals surface area contributed by atoms with Crippen molar-refractivity contribution in [2.24, 2.45) is 5.73 Å². The van der Waals surface area contributed by atoms with E-state index in [1.54, 1.807) is 0 Å². The first kappa shape index (κ1) is 13.4. The van der Waals surface area contributed by atoms with Gasteiger partial charge in [-0.05, 0) is 37.5 Å². The molecule has 0 aromatic heterocycles. The van der Waals surface area contributed by atoms with Gasteiger partial charge in [0.15, 0.2) is 0 Å². The van der Waals surface area contributed by atoms with Gasteiger partial charge in [-0.2, -0.15) is 0 Å². The van der Waals surface area contributed by atoms with Crippen LogP contribution in [0.4, 0.5) is 0 Å². The largest absolute Gasteiger partial charge is 0.491 e. The molecule has 0 amide bonds. The van der Waals surface area contributed by atoms with Gasteiger partial charge in [0.2, 0.25) is 0 Å². The second kappa shape index (κ2) is 5.72. The van der Waals surface area contributed by atoms with Crippen molar-refractivity contribution in [3.05, 3.63) is 29.8 Å². The highest BCUT2D eigenvalue weighted by Crippen LogP contribution is 2.29. The lowest BCUT2D eigenvalue weighted by molar-refractivity contribution is -0.0339. The zero-order valence-electron chi connectivity index (χ0n) is 11.1. The zero-order valence-corrected chi connectivity index (χ0v) is 11.1. The monoisotopic (exact) mass is 249 g/mol. The molecule has 1 fully saturated rings. The molecule has 3 heteroatoms. The van der Waals surface area contributed by atoms with Gasteiger partial charge < -0.3 is 15.6 Å². The third-order valence-corrected chi connectivity index (χ3v) is 3.70. The maximum atomic E-state index is 10.3. The van der Waals surface area contributed by atoms with Crippen LogP contribution in [0.3, 0.4) is 0 Å². The summed E-state index contributed by atoms with van der Waals surface area (Å²) in [7, 11) is 0. The van der Waals surface area contributed by atoms with Crippen LogP contribution in [0.25, 0.3) is 0 Å². The first-order valence-electron chi connectivity index (χ1n) is 6.80. The predicted octanol–water partition coefficient (Wildman–Crippen LogP) is 2.78. The van der Waals surface area contributed by atoms with Crippen molar-refractivity contribution in [1.82, 2.24) is 0 Å². The van der Waals surface area contributed by atoms with Crippen molar-refractivity contribution in [2.75, 3.05) is 6.61 Å². The summed E-state index contributed by atoms with van der Waals surface area (Å²) < 4.78 is 5.69. The molecule has 0 heterocycles. The molecule has 3 N–H and O–H groups in total. The molecule has 18 heavy (non-hydrogen) atoms. The van der Waals surface area contributed by atoms with Crippen LogP contribution in [-0.4, -0.2) is 17.3 Å². The van der Waals surface area contributed by atoms with Crippen LogP contribution >= 0.6 is 0 Å². The van der Waals surface area contributed by atoms with Gasteiger partial charge in [0, 0.05) is 6.04 Å². The lowest BCUT2D eigenvalue weighted by Gasteiger charge is -2.31. The Morgan fingerprint density at radius 2 is 1.83 bits per heavy atom. The van der Waals surface area contributed by atoms with Crippen molar-refractivity contribution in [3.63, 3.8) is 0 Å². The van der Waals surface area contributed by atoms with E-state index in [4.69, 9.17) is 10.5 Å². The fraction of sp³-hybridized carbons (Fsp3) is 0.600. The second-order valence-corrected chi connectivity index (χ2v) is 5.43. The van der Waals surface area contributed by atoms with E-state index < -0.39 is 5.60 Å². The van der Waals surface area contributed by atoms with Crippen molar-refractivity contribution in [2.45, 2.75) is 50.7 Å². The average Bonchev–Trinajstić information content (AvgIpc) is 2.38. The maximum Gasteiger partial charge on any atom is 0.119 e. The summed E-state index contributed by atoms with van der Waals surface area (Å²) in [5.74, 6) is 0.804. The Bertz CT molecular complexity index is 367. The first-order chi connectivity index (χ1) is 8.59. The van der Waals surface area contributed by atoms with E-state index in [0.29, 0.717) is 6.61 Å². The number of aliphatic hydroxyl groups is 1. The van der Waals surface area contributed by atoms with Crippen molar-refractivity contribution in [1.29, 1.82) is 0 Å². The first-order valence-corrected chi connectivity index (χ1v) is 6.80. The Hall–Kier alpha value is -1.06. The summed E-state index contributed by atoms with van der Waals surface area (Å²) >= 11 is 0. The van der Waals surface area contributed by atoms with Gasteiger partial charge in [-0.1, -0.05) is 31.4 Å². The highest BCUT2D eigenvalue weighted by Gasteiger charge is 2.29. The van der Waals surface area contributed by atoms with Crippen LogP contribution in [0.5, 0.6) is 5.75 Å². The van der Waals surface area contributed by atoms with E-state index in [1.165, 1.54) is 6.42 Å². The van der Waals surface area contributed by atoms with Crippen LogP contribution in [0.15, 0.2) is 24.3 Å². The fourth-order valence-electron chi connectivity index (χ4n) is 2.44. The van der Waals surface area contributed by atoms with Crippen molar-refractivity contribution in [3.8, 4) is 5.75 Å². The minimum atomic E-state index is -0.627. The van der Waals surface area contributed by atoms with Crippen molar-refractivity contribution >= 4 is 0 Å². The normalized spacial score (nSPS) is 20.4. The molecule has 1 aromatic carbocycles. The van der Waals surface area contributed by atoms with E-state index in [1.807, 2.05) is 31.2 Å². The Balaban J connectivity index is 1.89. The number of ether oxygens (including phenoxy) is 1. The van der Waals surface area contributed by atoms with E-state index in [9.17, 15) is 5.11 Å². The number of rotatable bonds is 4. The van der Waals surface area contributed by atoms with E-state index in [2.05, 4.69) is 0 Å². The maximum absolute atomic E-state index is 10.3. The van der Waals surface area contributed by atoms with Gasteiger partial charge in [0.05, 0.1) is 5.60 Å². The van der Waals surface area contributed by atoms with Gasteiger partial charge in [0.1, 0.15) is 12.4 Å². The molecular weight excluding hydrogens is 226 g/mol. The highest BCUT2D eigenvalue weighted by atomic mass is 16.5. The SMILES string of the molecule is CC(N)c1ccc(OCC2(O)CCCCC2)cc1. The lowest BCUT2D eigenvalue weighted by Crippen LogP contribution is -2.37. The second-order valence-electron chi connectivity index (χ2n) is 5.43. The van der Waals surface area contributed by atoms with Crippen molar-refractivity contribution < 1.29 is 9.84 Å². The Kier molecular flexibility index (Phi) is 4.25. The van der Waals surface area contributed by atoms with Gasteiger partial charge in [0.25, 0.3) is 0 Å². The summed E-state index contributed by atoms with van der Waals surface area (Å²) in [4.78, 5) is 0. The molecular formula is C15H23NO2. The summed E-state index contributed by atoms with van der Waals surface area (Å²) in [5, 5.41) is 10.3. The molecule has 1 unspecified atom stereocenters. The number of benzene rings is 1. The summed E-state index contributed by atoms with van der Waals surface area (Å²) in [5.41, 5.74) is 6.26. The number of hydrogen-bond acceptors (Lipinski definition) is 3.